The van der Waals surface area contributed by atoms with Gasteiger partial charge in [0, 0.05) is 43.2 Å². The average molecular weight is 279 g/mol. The number of hydrogen-bond donors (Lipinski definition) is 1. The third-order valence-electron chi connectivity index (χ3n) is 3.93. The van der Waals surface area contributed by atoms with Crippen molar-refractivity contribution in [3.63, 3.8) is 0 Å². The first-order valence-electron chi connectivity index (χ1n) is 6.73. The van der Waals surface area contributed by atoms with Crippen molar-refractivity contribution >= 4 is 17.7 Å². The molecular weight excluding hydrogens is 260 g/mol. The Kier molecular flexibility index (Phi) is 3.29. The Morgan fingerprint density at radius 3 is 3.11 bits per heavy atom. The van der Waals surface area contributed by atoms with E-state index in [0.29, 0.717) is 6.54 Å². The number of halogens is 1. The maximum Gasteiger partial charge on any atom is 0.141 e. The van der Waals surface area contributed by atoms with Crippen LogP contribution in [0.3, 0.4) is 0 Å². The van der Waals surface area contributed by atoms with Gasteiger partial charge in [-0.25, -0.2) is 0 Å². The molecule has 2 aliphatic rings. The summed E-state index contributed by atoms with van der Waals surface area (Å²) in [6, 6.07) is 3.92. The molecule has 1 aromatic rings. The van der Waals surface area contributed by atoms with Crippen LogP contribution in [-0.4, -0.2) is 36.7 Å². The van der Waals surface area contributed by atoms with E-state index in [1.54, 1.807) is 0 Å². The highest BCUT2D eigenvalue weighted by molar-refractivity contribution is 6.30. The Hall–Kier alpha value is -1.03. The molecule has 4 heteroatoms. The molecule has 1 fully saturated rings. The smallest absolute Gasteiger partial charge is 0.141 e. The van der Waals surface area contributed by atoms with Crippen molar-refractivity contribution in [1.29, 1.82) is 0 Å². The van der Waals surface area contributed by atoms with Crippen LogP contribution in [0.4, 0.5) is 0 Å². The number of aryl methyl sites for hydroxylation is 1. The lowest BCUT2D eigenvalue weighted by Gasteiger charge is -2.32. The molecule has 19 heavy (non-hydrogen) atoms. The molecule has 102 valence electrons. The van der Waals surface area contributed by atoms with Crippen LogP contribution < -0.4 is 10.5 Å². The Bertz CT molecular complexity index is 529. The molecule has 3 nitrogen and oxygen atoms in total. The van der Waals surface area contributed by atoms with E-state index in [0.717, 1.165) is 48.0 Å². The van der Waals surface area contributed by atoms with Gasteiger partial charge < -0.3 is 10.5 Å². The molecule has 1 unspecified atom stereocenters. The van der Waals surface area contributed by atoms with Crippen LogP contribution in [0.2, 0.25) is 5.02 Å². The lowest BCUT2D eigenvalue weighted by molar-refractivity contribution is 0.122. The SMILES string of the molecule is Cc1cc(Cl)cc2c1OC1(C=C2)CCN(CCN)C1. The fourth-order valence-corrected chi connectivity index (χ4v) is 3.26. The normalized spacial score (nSPS) is 25.6. The van der Waals surface area contributed by atoms with E-state index in [1.165, 1.54) is 0 Å². The van der Waals surface area contributed by atoms with Gasteiger partial charge in [0.15, 0.2) is 0 Å². The second kappa shape index (κ2) is 4.82. The zero-order valence-corrected chi connectivity index (χ0v) is 11.9. The van der Waals surface area contributed by atoms with Crippen molar-refractivity contribution in [2.45, 2.75) is 18.9 Å². The van der Waals surface area contributed by atoms with Crippen molar-refractivity contribution in [2.24, 2.45) is 5.73 Å². The van der Waals surface area contributed by atoms with Gasteiger partial charge in [0.25, 0.3) is 0 Å². The second-order valence-electron chi connectivity index (χ2n) is 5.46. The molecular formula is C15H19ClN2O. The average Bonchev–Trinajstić information content (AvgIpc) is 2.74. The van der Waals surface area contributed by atoms with E-state index in [2.05, 4.69) is 17.1 Å². The third-order valence-corrected chi connectivity index (χ3v) is 4.15. The highest BCUT2D eigenvalue weighted by atomic mass is 35.5. The number of likely N-dealkylation sites (tertiary alicyclic amines) is 1. The molecule has 1 saturated heterocycles. The summed E-state index contributed by atoms with van der Waals surface area (Å²) in [5, 5.41) is 0.761. The molecule has 3 rings (SSSR count). The number of fused-ring (bicyclic) bond motifs is 1. The first kappa shape index (κ1) is 13.0. The van der Waals surface area contributed by atoms with Crippen molar-refractivity contribution in [1.82, 2.24) is 4.90 Å². The molecule has 0 amide bonds. The van der Waals surface area contributed by atoms with Gasteiger partial charge in [0.1, 0.15) is 11.4 Å². The van der Waals surface area contributed by atoms with Crippen LogP contribution in [-0.2, 0) is 0 Å². The van der Waals surface area contributed by atoms with Crippen LogP contribution in [0, 0.1) is 6.92 Å². The van der Waals surface area contributed by atoms with Crippen LogP contribution in [0.25, 0.3) is 6.08 Å². The molecule has 1 spiro atoms. The Morgan fingerprint density at radius 1 is 1.47 bits per heavy atom. The van der Waals surface area contributed by atoms with E-state index < -0.39 is 0 Å². The van der Waals surface area contributed by atoms with Crippen molar-refractivity contribution < 1.29 is 4.74 Å². The number of nitrogens with two attached hydrogens (primary N) is 1. The van der Waals surface area contributed by atoms with Crippen LogP contribution in [0.1, 0.15) is 17.5 Å². The lowest BCUT2D eigenvalue weighted by atomic mass is 9.96. The van der Waals surface area contributed by atoms with Gasteiger partial charge in [0.05, 0.1) is 0 Å². The second-order valence-corrected chi connectivity index (χ2v) is 5.89. The predicted octanol–water partition coefficient (Wildman–Crippen LogP) is 2.46. The van der Waals surface area contributed by atoms with E-state index in [9.17, 15) is 0 Å². The molecule has 0 aliphatic carbocycles. The summed E-state index contributed by atoms with van der Waals surface area (Å²) in [6.07, 6.45) is 5.34. The number of ether oxygens (including phenoxy) is 1. The standard InChI is InChI=1S/C15H19ClN2O/c1-11-8-13(16)9-12-2-3-15(19-14(11)12)4-6-18(10-15)7-5-17/h2-3,8-9H,4-7,10,17H2,1H3. The van der Waals surface area contributed by atoms with Crippen molar-refractivity contribution in [3.8, 4) is 5.75 Å². The molecule has 0 bridgehead atoms. The molecule has 0 saturated carbocycles. The van der Waals surface area contributed by atoms with Crippen molar-refractivity contribution in [3.05, 3.63) is 34.4 Å². The number of benzene rings is 1. The zero-order chi connectivity index (χ0) is 13.5. The summed E-state index contributed by atoms with van der Waals surface area (Å²) in [6.45, 7) is 5.65. The summed E-state index contributed by atoms with van der Waals surface area (Å²) >= 11 is 6.09. The van der Waals surface area contributed by atoms with Gasteiger partial charge in [-0.05, 0) is 30.7 Å². The van der Waals surface area contributed by atoms with Crippen molar-refractivity contribution in [2.75, 3.05) is 26.2 Å². The number of rotatable bonds is 2. The monoisotopic (exact) mass is 278 g/mol. The van der Waals surface area contributed by atoms with Gasteiger partial charge >= 0.3 is 0 Å². The maximum atomic E-state index is 6.31. The van der Waals surface area contributed by atoms with Gasteiger partial charge in [-0.1, -0.05) is 17.7 Å². The van der Waals surface area contributed by atoms with Crippen LogP contribution >= 0.6 is 11.6 Å². The summed E-state index contributed by atoms with van der Waals surface area (Å²) in [5.41, 5.74) is 7.63. The summed E-state index contributed by atoms with van der Waals surface area (Å²) in [7, 11) is 0. The molecule has 0 aromatic heterocycles. The fraction of sp³-hybridized carbons (Fsp3) is 0.467. The first-order chi connectivity index (χ1) is 9.12. The summed E-state index contributed by atoms with van der Waals surface area (Å²) < 4.78 is 6.31. The Balaban J connectivity index is 1.87. The minimum absolute atomic E-state index is 0.180. The highest BCUT2D eigenvalue weighted by Crippen LogP contribution is 2.39. The summed E-state index contributed by atoms with van der Waals surface area (Å²) in [5.74, 6) is 0.974. The van der Waals surface area contributed by atoms with Crippen LogP contribution in [0.15, 0.2) is 18.2 Å². The van der Waals surface area contributed by atoms with Gasteiger partial charge in [0.2, 0.25) is 0 Å². The Morgan fingerprint density at radius 2 is 2.32 bits per heavy atom. The Labute approximate surface area is 119 Å². The molecule has 1 atom stereocenters. The predicted molar refractivity (Wildman–Crippen MR) is 78.7 cm³/mol. The minimum Gasteiger partial charge on any atom is -0.481 e. The summed E-state index contributed by atoms with van der Waals surface area (Å²) in [4.78, 5) is 2.36. The lowest BCUT2D eigenvalue weighted by Crippen LogP contribution is -2.40. The minimum atomic E-state index is -0.180. The number of nitrogens with zero attached hydrogens (tertiary/aromatic N) is 1. The highest BCUT2D eigenvalue weighted by Gasteiger charge is 2.40. The van der Waals surface area contributed by atoms with Crippen LogP contribution in [0.5, 0.6) is 5.75 Å². The van der Waals surface area contributed by atoms with Gasteiger partial charge in [-0.3, -0.25) is 4.90 Å². The molecule has 1 aromatic carbocycles. The molecule has 0 radical (unpaired) electrons. The van der Waals surface area contributed by atoms with Gasteiger partial charge in [-0.15, -0.1) is 0 Å². The maximum absolute atomic E-state index is 6.31. The van der Waals surface area contributed by atoms with E-state index >= 15 is 0 Å². The van der Waals surface area contributed by atoms with Gasteiger partial charge in [-0.2, -0.15) is 0 Å². The third kappa shape index (κ3) is 2.38. The molecule has 2 aliphatic heterocycles. The fourth-order valence-electron chi connectivity index (χ4n) is 2.97. The first-order valence-corrected chi connectivity index (χ1v) is 7.10. The topological polar surface area (TPSA) is 38.5 Å². The zero-order valence-electron chi connectivity index (χ0n) is 11.2. The van der Waals surface area contributed by atoms with E-state index in [-0.39, 0.29) is 5.60 Å². The largest absolute Gasteiger partial charge is 0.481 e. The number of hydrogen-bond acceptors (Lipinski definition) is 3. The molecule has 2 N–H and O–H groups in total. The van der Waals surface area contributed by atoms with E-state index in [1.807, 2.05) is 19.1 Å². The van der Waals surface area contributed by atoms with E-state index in [4.69, 9.17) is 22.1 Å². The molecule has 2 heterocycles. The quantitative estimate of drug-likeness (QED) is 0.903.